The van der Waals surface area contributed by atoms with Crippen LogP contribution in [0.5, 0.6) is 0 Å². The highest BCUT2D eigenvalue weighted by Crippen LogP contribution is 2.22. The molecule has 0 unspecified atom stereocenters. The van der Waals surface area contributed by atoms with Gasteiger partial charge in [0.25, 0.3) is 5.91 Å². The van der Waals surface area contributed by atoms with E-state index in [1.54, 1.807) is 37.4 Å². The largest absolute Gasteiger partial charge is 0.444 e. The predicted molar refractivity (Wildman–Crippen MR) is 96.3 cm³/mol. The topological polar surface area (TPSA) is 68.0 Å². The Balaban J connectivity index is 1.59. The molecule has 1 N–H and O–H groups in total. The van der Waals surface area contributed by atoms with Gasteiger partial charge in [-0.1, -0.05) is 0 Å². The number of benzene rings is 2. The minimum absolute atomic E-state index is 0.270. The minimum atomic E-state index is -0.353. The SMILES string of the molecule is Cc1nc2cc(F)ccc2cc1C(=O)Nc1ccc(-c2cnco2)cc1. The number of amides is 1. The van der Waals surface area contributed by atoms with Gasteiger partial charge in [-0.25, -0.2) is 9.37 Å². The van der Waals surface area contributed by atoms with Gasteiger partial charge >= 0.3 is 0 Å². The Hall–Kier alpha value is -3.54. The zero-order valence-electron chi connectivity index (χ0n) is 13.9. The van der Waals surface area contributed by atoms with Crippen LogP contribution in [-0.4, -0.2) is 15.9 Å². The summed E-state index contributed by atoms with van der Waals surface area (Å²) >= 11 is 0. The highest BCUT2D eigenvalue weighted by atomic mass is 19.1. The van der Waals surface area contributed by atoms with Gasteiger partial charge in [-0.15, -0.1) is 0 Å². The third kappa shape index (κ3) is 3.04. The molecule has 0 aliphatic rings. The number of fused-ring (bicyclic) bond motifs is 1. The lowest BCUT2D eigenvalue weighted by atomic mass is 10.1. The van der Waals surface area contributed by atoms with E-state index in [9.17, 15) is 9.18 Å². The van der Waals surface area contributed by atoms with Crippen molar-refractivity contribution in [2.45, 2.75) is 6.92 Å². The van der Waals surface area contributed by atoms with E-state index in [0.717, 1.165) is 5.56 Å². The van der Waals surface area contributed by atoms with Crippen molar-refractivity contribution < 1.29 is 13.6 Å². The summed E-state index contributed by atoms with van der Waals surface area (Å²) in [7, 11) is 0. The fourth-order valence-electron chi connectivity index (χ4n) is 2.74. The molecule has 2 aromatic heterocycles. The average molecular weight is 347 g/mol. The molecule has 0 aliphatic heterocycles. The molecular formula is C20H14FN3O2. The number of halogens is 1. The van der Waals surface area contributed by atoms with E-state index >= 15 is 0 Å². The van der Waals surface area contributed by atoms with Crippen LogP contribution >= 0.6 is 0 Å². The van der Waals surface area contributed by atoms with Gasteiger partial charge in [-0.3, -0.25) is 9.78 Å². The Kier molecular flexibility index (Phi) is 3.93. The van der Waals surface area contributed by atoms with Crippen LogP contribution in [0.15, 0.2) is 65.5 Å². The summed E-state index contributed by atoms with van der Waals surface area (Å²) in [6.45, 7) is 1.73. The molecule has 5 nitrogen and oxygen atoms in total. The number of oxazole rings is 1. The smallest absolute Gasteiger partial charge is 0.257 e. The summed E-state index contributed by atoms with van der Waals surface area (Å²) in [5, 5.41) is 3.56. The molecule has 4 aromatic rings. The van der Waals surface area contributed by atoms with Crippen molar-refractivity contribution in [3.05, 3.63) is 78.2 Å². The molecule has 1 amide bonds. The number of anilines is 1. The number of aromatic nitrogens is 2. The maximum absolute atomic E-state index is 13.3. The molecule has 26 heavy (non-hydrogen) atoms. The number of nitrogens with zero attached hydrogens (tertiary/aromatic N) is 2. The number of hydrogen-bond acceptors (Lipinski definition) is 4. The van der Waals surface area contributed by atoms with E-state index in [2.05, 4.69) is 15.3 Å². The number of carbonyl (C=O) groups is 1. The molecular weight excluding hydrogens is 333 g/mol. The minimum Gasteiger partial charge on any atom is -0.444 e. The van der Waals surface area contributed by atoms with Crippen molar-refractivity contribution in [3.8, 4) is 11.3 Å². The molecule has 128 valence electrons. The molecule has 2 aromatic carbocycles. The Bertz CT molecular complexity index is 1090. The second-order valence-corrected chi connectivity index (χ2v) is 5.86. The monoisotopic (exact) mass is 347 g/mol. The van der Waals surface area contributed by atoms with Crippen LogP contribution in [-0.2, 0) is 0 Å². The van der Waals surface area contributed by atoms with Crippen LogP contribution in [0.2, 0.25) is 0 Å². The zero-order valence-corrected chi connectivity index (χ0v) is 13.9. The fourth-order valence-corrected chi connectivity index (χ4v) is 2.74. The van der Waals surface area contributed by atoms with Crippen LogP contribution in [0.3, 0.4) is 0 Å². The van der Waals surface area contributed by atoms with Crippen molar-refractivity contribution in [2.75, 3.05) is 5.32 Å². The summed E-state index contributed by atoms with van der Waals surface area (Å²) in [5.41, 5.74) is 3.03. The van der Waals surface area contributed by atoms with E-state index < -0.39 is 0 Å². The lowest BCUT2D eigenvalue weighted by Crippen LogP contribution is -2.14. The quantitative estimate of drug-likeness (QED) is 0.588. The second-order valence-electron chi connectivity index (χ2n) is 5.86. The van der Waals surface area contributed by atoms with Gasteiger partial charge in [-0.2, -0.15) is 0 Å². The van der Waals surface area contributed by atoms with Crippen molar-refractivity contribution >= 4 is 22.5 Å². The van der Waals surface area contributed by atoms with Crippen molar-refractivity contribution in [2.24, 2.45) is 0 Å². The lowest BCUT2D eigenvalue weighted by molar-refractivity contribution is 0.102. The fraction of sp³-hybridized carbons (Fsp3) is 0.0500. The van der Waals surface area contributed by atoms with Crippen LogP contribution in [0.25, 0.3) is 22.2 Å². The molecule has 0 aliphatic carbocycles. The summed E-state index contributed by atoms with van der Waals surface area (Å²) < 4.78 is 18.6. The maximum atomic E-state index is 13.3. The number of hydrogen-bond donors (Lipinski definition) is 1. The summed E-state index contributed by atoms with van der Waals surface area (Å²) in [6.07, 6.45) is 2.99. The molecule has 0 fully saturated rings. The highest BCUT2D eigenvalue weighted by Gasteiger charge is 2.13. The molecule has 0 saturated carbocycles. The normalized spacial score (nSPS) is 10.8. The third-order valence-electron chi connectivity index (χ3n) is 4.07. The second kappa shape index (κ2) is 6.40. The van der Waals surface area contributed by atoms with Crippen LogP contribution < -0.4 is 5.32 Å². The van der Waals surface area contributed by atoms with E-state index in [-0.39, 0.29) is 11.7 Å². The number of nitrogens with one attached hydrogen (secondary N) is 1. The zero-order chi connectivity index (χ0) is 18.1. The first kappa shape index (κ1) is 16.0. The Labute approximate surface area is 148 Å². The molecule has 4 rings (SSSR count). The summed E-state index contributed by atoms with van der Waals surface area (Å²) in [5.74, 6) is 0.0340. The number of carbonyl (C=O) groups excluding carboxylic acids is 1. The molecule has 0 radical (unpaired) electrons. The first-order chi connectivity index (χ1) is 12.6. The van der Waals surface area contributed by atoms with E-state index in [0.29, 0.717) is 33.6 Å². The van der Waals surface area contributed by atoms with E-state index in [1.807, 2.05) is 12.1 Å². The van der Waals surface area contributed by atoms with Gasteiger partial charge in [0.05, 0.1) is 23.0 Å². The van der Waals surface area contributed by atoms with Crippen molar-refractivity contribution in [1.29, 1.82) is 0 Å². The Morgan fingerprint density at radius 2 is 1.92 bits per heavy atom. The summed E-state index contributed by atoms with van der Waals surface area (Å²) in [6, 6.07) is 13.3. The number of pyridine rings is 1. The van der Waals surface area contributed by atoms with Gasteiger partial charge in [-0.05, 0) is 49.4 Å². The maximum Gasteiger partial charge on any atom is 0.257 e. The predicted octanol–water partition coefficient (Wildman–Crippen LogP) is 4.59. The van der Waals surface area contributed by atoms with E-state index in [4.69, 9.17) is 4.42 Å². The van der Waals surface area contributed by atoms with E-state index in [1.165, 1.54) is 18.5 Å². The molecule has 6 heteroatoms. The molecule has 0 spiro atoms. The summed E-state index contributed by atoms with van der Waals surface area (Å²) in [4.78, 5) is 20.8. The van der Waals surface area contributed by atoms with Crippen molar-refractivity contribution in [3.63, 3.8) is 0 Å². The molecule has 2 heterocycles. The first-order valence-corrected chi connectivity index (χ1v) is 7.97. The van der Waals surface area contributed by atoms with Gasteiger partial charge < -0.3 is 9.73 Å². The lowest BCUT2D eigenvalue weighted by Gasteiger charge is -2.09. The highest BCUT2D eigenvalue weighted by molar-refractivity contribution is 6.06. The van der Waals surface area contributed by atoms with Crippen LogP contribution in [0.1, 0.15) is 16.1 Å². The average Bonchev–Trinajstić information content (AvgIpc) is 3.16. The van der Waals surface area contributed by atoms with Gasteiger partial charge in [0, 0.05) is 22.7 Å². The van der Waals surface area contributed by atoms with Crippen molar-refractivity contribution in [1.82, 2.24) is 9.97 Å². The van der Waals surface area contributed by atoms with Crippen LogP contribution in [0, 0.1) is 12.7 Å². The molecule has 0 saturated heterocycles. The first-order valence-electron chi connectivity index (χ1n) is 7.97. The van der Waals surface area contributed by atoms with Gasteiger partial charge in [0.2, 0.25) is 0 Å². The molecule has 0 atom stereocenters. The Morgan fingerprint density at radius 1 is 1.12 bits per heavy atom. The number of aryl methyl sites for hydroxylation is 1. The van der Waals surface area contributed by atoms with Crippen LogP contribution in [0.4, 0.5) is 10.1 Å². The van der Waals surface area contributed by atoms with Gasteiger partial charge in [0.15, 0.2) is 12.2 Å². The third-order valence-corrected chi connectivity index (χ3v) is 4.07. The number of rotatable bonds is 3. The Morgan fingerprint density at radius 3 is 2.65 bits per heavy atom. The standard InChI is InChI=1S/C20H14FN3O2/c1-12-17(8-14-2-5-15(21)9-18(14)23-12)20(25)24-16-6-3-13(4-7-16)19-10-22-11-26-19/h2-11H,1H3,(H,24,25). The molecule has 0 bridgehead atoms. The van der Waals surface area contributed by atoms with Gasteiger partial charge in [0.1, 0.15) is 5.82 Å².